The molecule has 0 amide bonds. The first-order chi connectivity index (χ1) is 5.18. The van der Waals surface area contributed by atoms with E-state index in [1.165, 1.54) is 0 Å². The predicted molar refractivity (Wildman–Crippen MR) is 42.3 cm³/mol. The summed E-state index contributed by atoms with van der Waals surface area (Å²) in [7, 11) is 0. The molecule has 2 nitrogen and oxygen atoms in total. The molecule has 0 aromatic rings. The van der Waals surface area contributed by atoms with Gasteiger partial charge in [-0.1, -0.05) is 13.8 Å². The maximum Gasteiger partial charge on any atom is 0.0966 e. The summed E-state index contributed by atoms with van der Waals surface area (Å²) in [5.41, 5.74) is 0. The molecule has 2 bridgehead atoms. The molecule has 62 valence electrons. The maximum atomic E-state index is 9.42. The van der Waals surface area contributed by atoms with Crippen LogP contribution in [0.2, 0.25) is 0 Å². The van der Waals surface area contributed by atoms with Gasteiger partial charge < -0.3 is 9.84 Å². The van der Waals surface area contributed by atoms with E-state index in [0.29, 0.717) is 17.6 Å². The second-order valence-electron chi connectivity index (χ2n) is 3.82. The van der Waals surface area contributed by atoms with Crippen molar-refractivity contribution >= 4 is 0 Å². The van der Waals surface area contributed by atoms with Gasteiger partial charge in [-0.15, -0.1) is 0 Å². The molecule has 11 heavy (non-hydrogen) atoms. The third-order valence-electron chi connectivity index (χ3n) is 2.61. The largest absolute Gasteiger partial charge is 0.512 e. The second-order valence-corrected chi connectivity index (χ2v) is 3.82. The van der Waals surface area contributed by atoms with Crippen LogP contribution < -0.4 is 0 Å². The van der Waals surface area contributed by atoms with E-state index < -0.39 is 0 Å². The highest BCUT2D eigenvalue weighted by atomic mass is 16.5. The first-order valence-electron chi connectivity index (χ1n) is 4.24. The summed E-state index contributed by atoms with van der Waals surface area (Å²) in [5.74, 6) is 1.36. The highest BCUT2D eigenvalue weighted by Crippen LogP contribution is 2.41. The van der Waals surface area contributed by atoms with E-state index >= 15 is 0 Å². The van der Waals surface area contributed by atoms with Gasteiger partial charge in [0.2, 0.25) is 0 Å². The Kier molecular flexibility index (Phi) is 1.46. The van der Waals surface area contributed by atoms with Crippen molar-refractivity contribution < 1.29 is 9.84 Å². The first kappa shape index (κ1) is 7.17. The third-order valence-corrected chi connectivity index (χ3v) is 2.61. The van der Waals surface area contributed by atoms with Gasteiger partial charge in [-0.3, -0.25) is 0 Å². The van der Waals surface area contributed by atoms with E-state index in [0.717, 1.165) is 6.42 Å². The van der Waals surface area contributed by atoms with Crippen LogP contribution in [0.1, 0.15) is 20.3 Å². The Morgan fingerprint density at radius 2 is 2.36 bits per heavy atom. The van der Waals surface area contributed by atoms with Crippen molar-refractivity contribution in [3.63, 3.8) is 0 Å². The number of fused-ring (bicyclic) bond motifs is 2. The average Bonchev–Trinajstić information content (AvgIpc) is 2.43. The minimum atomic E-state index is 0.201. The van der Waals surface area contributed by atoms with Crippen LogP contribution in [-0.2, 0) is 4.74 Å². The van der Waals surface area contributed by atoms with E-state index in [4.69, 9.17) is 4.74 Å². The monoisotopic (exact) mass is 154 g/mol. The summed E-state index contributed by atoms with van der Waals surface area (Å²) in [4.78, 5) is 0. The van der Waals surface area contributed by atoms with E-state index in [-0.39, 0.29) is 12.2 Å². The van der Waals surface area contributed by atoms with E-state index in [9.17, 15) is 5.11 Å². The molecule has 1 aliphatic heterocycles. The topological polar surface area (TPSA) is 29.5 Å². The van der Waals surface area contributed by atoms with Crippen molar-refractivity contribution in [1.29, 1.82) is 0 Å². The number of hydrogen-bond donors (Lipinski definition) is 1. The Labute approximate surface area is 66.9 Å². The number of aliphatic hydroxyl groups excluding tert-OH is 1. The Bertz CT molecular complexity index is 196. The lowest BCUT2D eigenvalue weighted by atomic mass is 9.93. The maximum absolute atomic E-state index is 9.42. The molecule has 2 heteroatoms. The van der Waals surface area contributed by atoms with Crippen LogP contribution in [0, 0.1) is 11.8 Å². The fourth-order valence-electron chi connectivity index (χ4n) is 2.07. The molecule has 2 rings (SSSR count). The van der Waals surface area contributed by atoms with Gasteiger partial charge in [-0.05, 0) is 18.4 Å². The van der Waals surface area contributed by atoms with Gasteiger partial charge in [0, 0.05) is 5.92 Å². The molecule has 0 saturated carbocycles. The first-order valence-corrected chi connectivity index (χ1v) is 4.24. The molecule has 1 fully saturated rings. The molecule has 1 aliphatic carbocycles. The zero-order chi connectivity index (χ0) is 8.01. The summed E-state index contributed by atoms with van der Waals surface area (Å²) < 4.78 is 5.66. The zero-order valence-corrected chi connectivity index (χ0v) is 6.95. The fourth-order valence-corrected chi connectivity index (χ4v) is 2.07. The molecule has 0 radical (unpaired) electrons. The van der Waals surface area contributed by atoms with Crippen LogP contribution in [0.3, 0.4) is 0 Å². The van der Waals surface area contributed by atoms with Crippen molar-refractivity contribution in [2.45, 2.75) is 32.5 Å². The summed E-state index contributed by atoms with van der Waals surface area (Å²) >= 11 is 0. The molecule has 2 aliphatic rings. The minimum absolute atomic E-state index is 0.201. The van der Waals surface area contributed by atoms with E-state index in [2.05, 4.69) is 13.8 Å². The average molecular weight is 154 g/mol. The number of hydrogen-bond acceptors (Lipinski definition) is 2. The fraction of sp³-hybridized carbons (Fsp3) is 0.778. The Morgan fingerprint density at radius 1 is 1.64 bits per heavy atom. The van der Waals surface area contributed by atoms with Gasteiger partial charge in [-0.25, -0.2) is 0 Å². The molecule has 1 N–H and O–H groups in total. The number of ether oxygens (including phenoxy) is 1. The minimum Gasteiger partial charge on any atom is -0.512 e. The molecule has 3 unspecified atom stereocenters. The molecule has 0 aromatic heterocycles. The Balaban J connectivity index is 2.15. The van der Waals surface area contributed by atoms with Gasteiger partial charge in [0.25, 0.3) is 0 Å². The van der Waals surface area contributed by atoms with Crippen LogP contribution >= 0.6 is 0 Å². The zero-order valence-electron chi connectivity index (χ0n) is 6.95. The Morgan fingerprint density at radius 3 is 2.73 bits per heavy atom. The van der Waals surface area contributed by atoms with Gasteiger partial charge in [-0.2, -0.15) is 0 Å². The lowest BCUT2D eigenvalue weighted by molar-refractivity contribution is 0.0121. The lowest BCUT2D eigenvalue weighted by Gasteiger charge is -2.23. The summed E-state index contributed by atoms with van der Waals surface area (Å²) in [6, 6.07) is 0. The molecule has 3 atom stereocenters. The quantitative estimate of drug-likeness (QED) is 0.624. The number of rotatable bonds is 1. The highest BCUT2D eigenvalue weighted by Gasteiger charge is 2.43. The van der Waals surface area contributed by atoms with Crippen molar-refractivity contribution in [3.05, 3.63) is 11.8 Å². The van der Waals surface area contributed by atoms with Crippen LogP contribution in [0.5, 0.6) is 0 Å². The molecule has 1 saturated heterocycles. The van der Waals surface area contributed by atoms with E-state index in [1.807, 2.05) is 6.08 Å². The van der Waals surface area contributed by atoms with Crippen molar-refractivity contribution in [2.75, 3.05) is 0 Å². The molecule has 0 aromatic carbocycles. The lowest BCUT2D eigenvalue weighted by Crippen LogP contribution is -2.26. The van der Waals surface area contributed by atoms with Crippen molar-refractivity contribution in [3.8, 4) is 0 Å². The standard InChI is InChI=1S/C9H14O2/c1-5(2)9-7-3-6(11-9)4-8(7)10/h4-7,9-10H,3H2,1-2H3. The van der Waals surface area contributed by atoms with Crippen molar-refractivity contribution in [1.82, 2.24) is 0 Å². The summed E-state index contributed by atoms with van der Waals surface area (Å²) in [6.45, 7) is 4.28. The van der Waals surface area contributed by atoms with Crippen LogP contribution in [-0.4, -0.2) is 17.3 Å². The summed E-state index contributed by atoms with van der Waals surface area (Å²) in [6.07, 6.45) is 3.29. The van der Waals surface area contributed by atoms with Crippen LogP contribution in [0.4, 0.5) is 0 Å². The smallest absolute Gasteiger partial charge is 0.0966 e. The Hall–Kier alpha value is -0.500. The third kappa shape index (κ3) is 0.968. The van der Waals surface area contributed by atoms with Crippen LogP contribution in [0.25, 0.3) is 0 Å². The summed E-state index contributed by atoms with van der Waals surface area (Å²) in [5, 5.41) is 9.42. The van der Waals surface area contributed by atoms with Crippen LogP contribution in [0.15, 0.2) is 11.8 Å². The predicted octanol–water partition coefficient (Wildman–Crippen LogP) is 1.87. The van der Waals surface area contributed by atoms with Gasteiger partial charge >= 0.3 is 0 Å². The molecular weight excluding hydrogens is 140 g/mol. The SMILES string of the molecule is CC(C)C1OC2C=C(O)C1C2. The van der Waals surface area contributed by atoms with Gasteiger partial charge in [0.05, 0.1) is 18.0 Å². The number of aliphatic hydroxyl groups is 1. The van der Waals surface area contributed by atoms with E-state index in [1.54, 1.807) is 0 Å². The molecule has 1 heterocycles. The van der Waals surface area contributed by atoms with Crippen molar-refractivity contribution in [2.24, 2.45) is 11.8 Å². The van der Waals surface area contributed by atoms with Gasteiger partial charge in [0.1, 0.15) is 0 Å². The molecule has 0 spiro atoms. The second kappa shape index (κ2) is 2.24. The molecular formula is C9H14O2. The highest BCUT2D eigenvalue weighted by molar-refractivity contribution is 5.16. The van der Waals surface area contributed by atoms with Gasteiger partial charge in [0.15, 0.2) is 0 Å². The normalized spacial score (nSPS) is 41.7.